The Balaban J connectivity index is 0.00000290. The maximum Gasteiger partial charge on any atom is 1.00 e. The van der Waals surface area contributed by atoms with Gasteiger partial charge in [-0.15, -0.1) is 10.2 Å². The Morgan fingerprint density at radius 2 is 1.16 bits per heavy atom. The van der Waals surface area contributed by atoms with Gasteiger partial charge in [0.2, 0.25) is 17.2 Å². The molecule has 0 aliphatic carbocycles. The second-order valence-electron chi connectivity index (χ2n) is 10.8. The summed E-state index contributed by atoms with van der Waals surface area (Å²) in [4.78, 5) is 8.47. The van der Waals surface area contributed by atoms with Crippen LogP contribution in [0.15, 0.2) is 109 Å². The topological polar surface area (TPSA) is 336 Å². The molecule has 1 heterocycles. The van der Waals surface area contributed by atoms with Crippen LogP contribution in [-0.4, -0.2) is 66.8 Å². The first-order chi connectivity index (χ1) is 25.1. The molecule has 1 aromatic heterocycles. The van der Waals surface area contributed by atoms with Crippen LogP contribution in [0.3, 0.4) is 0 Å². The number of hydrogen-bond donors (Lipinski definition) is 3. The fraction of sp³-hybridized carbons (Fsp3) is 0. The maximum atomic E-state index is 13.5. The molecule has 0 unspecified atom stereocenters. The molecule has 20 nitrogen and oxygen atoms in total. The number of benzene rings is 5. The van der Waals surface area contributed by atoms with Crippen molar-refractivity contribution in [2.45, 2.75) is 19.6 Å². The first-order valence-electron chi connectivity index (χ1n) is 14.3. The van der Waals surface area contributed by atoms with Crippen LogP contribution in [0.2, 0.25) is 5.28 Å². The summed E-state index contributed by atoms with van der Waals surface area (Å²) < 4.78 is 141. The molecule has 0 fully saturated rings. The van der Waals surface area contributed by atoms with Gasteiger partial charge in [-0.3, -0.25) is 4.55 Å². The summed E-state index contributed by atoms with van der Waals surface area (Å²) in [5.74, 6) is -1.45. The van der Waals surface area contributed by atoms with Crippen molar-refractivity contribution in [3.05, 3.63) is 84.1 Å². The molecule has 0 radical (unpaired) electrons. The summed E-state index contributed by atoms with van der Waals surface area (Å²) in [5.41, 5.74) is -1.34. The Morgan fingerprint density at radius 1 is 0.603 bits per heavy atom. The summed E-state index contributed by atoms with van der Waals surface area (Å²) in [5, 5.41) is 24.7. The van der Waals surface area contributed by atoms with Gasteiger partial charge in [-0.05, 0) is 77.0 Å². The number of fused-ring (bicyclic) bond motifs is 2. The van der Waals surface area contributed by atoms with E-state index < -0.39 is 88.0 Å². The van der Waals surface area contributed by atoms with E-state index in [4.69, 9.17) is 11.6 Å². The van der Waals surface area contributed by atoms with Gasteiger partial charge in [0.15, 0.2) is 0 Å². The first-order valence-corrected chi connectivity index (χ1v) is 20.3. The molecule has 0 spiro atoms. The summed E-state index contributed by atoms with van der Waals surface area (Å²) in [6, 6.07) is 14.0. The molecule has 6 rings (SSSR count). The van der Waals surface area contributed by atoms with Crippen molar-refractivity contribution in [2.75, 3.05) is 10.6 Å². The molecule has 0 amide bonds. The quantitative estimate of drug-likeness (QED) is 0.0652. The first kappa shape index (κ1) is 52.7. The third-order valence-corrected chi connectivity index (χ3v) is 11.0. The van der Waals surface area contributed by atoms with Gasteiger partial charge in [0.1, 0.15) is 40.9 Å². The van der Waals surface area contributed by atoms with Crippen LogP contribution in [0.1, 0.15) is 0 Å². The van der Waals surface area contributed by atoms with Crippen LogP contribution in [0.4, 0.5) is 34.6 Å². The van der Waals surface area contributed by atoms with E-state index >= 15 is 0 Å². The zero-order valence-electron chi connectivity index (χ0n) is 30.1. The number of anilines is 4. The van der Waals surface area contributed by atoms with E-state index in [2.05, 4.69) is 35.8 Å². The smallest absolute Gasteiger partial charge is 0.871 e. The SMILES string of the molecule is O=S(=O)([O-])c1ccc(Nc2nc(Cl)nc(Nc3ccc4c([O-])c(N=Nc5ccc6c(S(=O)(=O)[O-])cccc6c5S(=O)(=O)O)c(S(=O)(=O)[O-])cc4c3)n2)cc1.[Na+].[Na+].[Na+].[Na+]. The zero-order chi connectivity index (χ0) is 39.4. The average molecular weight is 926 g/mol. The molecular formula is C29H16ClN7Na4O13S4. The number of nitrogens with zero attached hydrogens (tertiary/aromatic N) is 5. The molecule has 3 N–H and O–H groups in total. The average Bonchev–Trinajstić information content (AvgIpc) is 3.05. The van der Waals surface area contributed by atoms with Crippen LogP contribution >= 0.6 is 11.6 Å². The zero-order valence-corrected chi connectivity index (χ0v) is 42.1. The van der Waals surface area contributed by atoms with Crippen molar-refractivity contribution >= 4 is 108 Å². The molecule has 29 heteroatoms. The number of rotatable bonds is 10. The van der Waals surface area contributed by atoms with Crippen molar-refractivity contribution in [1.82, 2.24) is 15.0 Å². The number of halogens is 1. The summed E-state index contributed by atoms with van der Waals surface area (Å²) in [7, 11) is -20.5. The summed E-state index contributed by atoms with van der Waals surface area (Å²) >= 11 is 6.03. The van der Waals surface area contributed by atoms with Crippen LogP contribution in [0, 0.1) is 0 Å². The Bertz CT molecular complexity index is 3040. The molecule has 0 aliphatic rings. The molecular weight excluding hydrogens is 910 g/mol. The Hall–Kier alpha value is -1.44. The number of aromatic nitrogens is 3. The van der Waals surface area contributed by atoms with E-state index in [1.165, 1.54) is 30.3 Å². The summed E-state index contributed by atoms with van der Waals surface area (Å²) in [6.45, 7) is 0. The number of azo groups is 1. The van der Waals surface area contributed by atoms with Crippen LogP contribution in [0.5, 0.6) is 5.75 Å². The molecule has 5 aromatic carbocycles. The van der Waals surface area contributed by atoms with Crippen LogP contribution in [0.25, 0.3) is 21.5 Å². The van der Waals surface area contributed by atoms with Gasteiger partial charge in [-0.25, -0.2) is 25.3 Å². The van der Waals surface area contributed by atoms with Crippen LogP contribution < -0.4 is 134 Å². The Kier molecular flexibility index (Phi) is 18.3. The fourth-order valence-corrected chi connectivity index (χ4v) is 7.88. The Labute approximate surface area is 422 Å². The van der Waals surface area contributed by atoms with E-state index in [9.17, 15) is 57.0 Å². The van der Waals surface area contributed by atoms with Gasteiger partial charge >= 0.3 is 118 Å². The van der Waals surface area contributed by atoms with E-state index in [1.807, 2.05) is 0 Å². The Morgan fingerprint density at radius 3 is 1.71 bits per heavy atom. The fourth-order valence-electron chi connectivity index (χ4n) is 5.09. The van der Waals surface area contributed by atoms with Gasteiger partial charge in [0, 0.05) is 22.1 Å². The number of hydrogen-bond acceptors (Lipinski definition) is 19. The standard InChI is InChI=1S/C29H20ClN7O13S4.4Na/c30-27-33-28(31-15-4-7-17(8-5-15)51(39,40)41)35-29(34-27)32-16-6-9-18-14(12-16)13-23(53(45,46)47)24(25(18)38)37-36-21-11-10-19-20(26(21)54(48,49)50)2-1-3-22(19)52(42,43)44;;;;/h1-13,38H,(H,39,40,41)(H,42,43,44)(H,45,46,47)(H,48,49,50)(H2,31,32,33,34,35);;;;/q;4*+1/p-4. The van der Waals surface area contributed by atoms with Crippen molar-refractivity contribution < 1.29 is 175 Å². The van der Waals surface area contributed by atoms with Gasteiger partial charge in [0.25, 0.3) is 10.1 Å². The minimum atomic E-state index is -5.47. The minimum Gasteiger partial charge on any atom is -0.871 e. The predicted octanol–water partition coefficient (Wildman–Crippen LogP) is -8.22. The third-order valence-electron chi connectivity index (χ3n) is 7.30. The normalized spacial score (nSPS) is 11.9. The van der Waals surface area contributed by atoms with E-state index in [0.29, 0.717) is 0 Å². The molecule has 0 atom stereocenters. The van der Waals surface area contributed by atoms with Crippen molar-refractivity contribution in [3.8, 4) is 5.75 Å². The second-order valence-corrected chi connectivity index (χ2v) is 16.6. The third kappa shape index (κ3) is 12.1. The van der Waals surface area contributed by atoms with E-state index in [1.54, 1.807) is 0 Å². The monoisotopic (exact) mass is 925 g/mol. The molecule has 0 saturated heterocycles. The van der Waals surface area contributed by atoms with Gasteiger partial charge < -0.3 is 29.4 Å². The van der Waals surface area contributed by atoms with Gasteiger partial charge in [-0.1, -0.05) is 30.0 Å². The van der Waals surface area contributed by atoms with E-state index in [0.717, 1.165) is 48.5 Å². The predicted molar refractivity (Wildman–Crippen MR) is 183 cm³/mol. The second kappa shape index (κ2) is 20.2. The maximum absolute atomic E-state index is 13.5. The van der Waals surface area contributed by atoms with Crippen LogP contribution in [-0.2, 0) is 40.5 Å². The molecule has 0 aliphatic heterocycles. The molecule has 58 heavy (non-hydrogen) atoms. The molecule has 0 saturated carbocycles. The number of nitrogens with one attached hydrogen (secondary N) is 2. The van der Waals surface area contributed by atoms with Gasteiger partial charge in [-0.2, -0.15) is 23.4 Å². The molecule has 280 valence electrons. The van der Waals surface area contributed by atoms with Gasteiger partial charge in [0.05, 0.1) is 20.4 Å². The minimum absolute atomic E-state index is 0. The molecule has 6 aromatic rings. The summed E-state index contributed by atoms with van der Waals surface area (Å²) in [6.07, 6.45) is 0. The van der Waals surface area contributed by atoms with Crippen molar-refractivity contribution in [2.24, 2.45) is 10.2 Å². The van der Waals surface area contributed by atoms with Crippen molar-refractivity contribution in [1.29, 1.82) is 0 Å². The van der Waals surface area contributed by atoms with Crippen molar-refractivity contribution in [3.63, 3.8) is 0 Å². The molecule has 0 bridgehead atoms. The van der Waals surface area contributed by atoms with E-state index in [-0.39, 0.29) is 158 Å². The largest absolute Gasteiger partial charge is 1.00 e.